The first-order chi connectivity index (χ1) is 7.20. The lowest BCUT2D eigenvalue weighted by atomic mass is 9.91. The molecule has 1 rings (SSSR count). The predicted octanol–water partition coefficient (Wildman–Crippen LogP) is 2.49. The van der Waals surface area contributed by atoms with Crippen LogP contribution in [0.15, 0.2) is 0 Å². The maximum absolute atomic E-state index is 11.9. The SMILES string of the molecule is CC(C)(C)c1nnsc1CNCC(F)(F)F. The van der Waals surface area contributed by atoms with E-state index in [2.05, 4.69) is 14.9 Å². The lowest BCUT2D eigenvalue weighted by Gasteiger charge is -2.16. The summed E-state index contributed by atoms with van der Waals surface area (Å²) in [5.74, 6) is 0. The van der Waals surface area contributed by atoms with Crippen LogP contribution in [0.5, 0.6) is 0 Å². The molecule has 0 spiro atoms. The normalized spacial score (nSPS) is 13.1. The number of alkyl halides is 3. The van der Waals surface area contributed by atoms with Gasteiger partial charge in [-0.15, -0.1) is 5.10 Å². The van der Waals surface area contributed by atoms with Crippen molar-refractivity contribution >= 4 is 11.5 Å². The highest BCUT2D eigenvalue weighted by Crippen LogP contribution is 2.25. The summed E-state index contributed by atoms with van der Waals surface area (Å²) in [6, 6.07) is 0. The van der Waals surface area contributed by atoms with Gasteiger partial charge in [-0.1, -0.05) is 25.3 Å². The predicted molar refractivity (Wildman–Crippen MR) is 56.4 cm³/mol. The van der Waals surface area contributed by atoms with Gasteiger partial charge in [-0.25, -0.2) is 0 Å². The molecule has 1 heterocycles. The Morgan fingerprint density at radius 3 is 2.38 bits per heavy atom. The minimum absolute atomic E-state index is 0.157. The Hall–Kier alpha value is -0.690. The van der Waals surface area contributed by atoms with Gasteiger partial charge in [0.05, 0.1) is 17.1 Å². The smallest absolute Gasteiger partial charge is 0.304 e. The van der Waals surface area contributed by atoms with Crippen molar-refractivity contribution in [3.8, 4) is 0 Å². The molecule has 0 saturated carbocycles. The second-order valence-electron chi connectivity index (χ2n) is 4.51. The van der Waals surface area contributed by atoms with Gasteiger partial charge in [0.25, 0.3) is 0 Å². The first-order valence-electron chi connectivity index (χ1n) is 4.79. The van der Waals surface area contributed by atoms with Gasteiger partial charge in [0.1, 0.15) is 0 Å². The zero-order valence-corrected chi connectivity index (χ0v) is 10.2. The Morgan fingerprint density at radius 1 is 1.25 bits per heavy atom. The highest BCUT2D eigenvalue weighted by Gasteiger charge is 2.27. The molecule has 3 nitrogen and oxygen atoms in total. The average Bonchev–Trinajstić information content (AvgIpc) is 2.48. The summed E-state index contributed by atoms with van der Waals surface area (Å²) in [7, 11) is 0. The van der Waals surface area contributed by atoms with E-state index in [1.807, 2.05) is 20.8 Å². The molecular formula is C9H14F3N3S. The molecule has 0 aliphatic carbocycles. The third-order valence-electron chi connectivity index (χ3n) is 1.88. The monoisotopic (exact) mass is 253 g/mol. The fraction of sp³-hybridized carbons (Fsp3) is 0.778. The number of halogens is 3. The number of nitrogens with zero attached hydrogens (tertiary/aromatic N) is 2. The van der Waals surface area contributed by atoms with Crippen LogP contribution < -0.4 is 5.32 Å². The van der Waals surface area contributed by atoms with Crippen molar-refractivity contribution in [2.75, 3.05) is 6.54 Å². The van der Waals surface area contributed by atoms with Crippen LogP contribution in [0, 0.1) is 0 Å². The van der Waals surface area contributed by atoms with Gasteiger partial charge in [0.15, 0.2) is 0 Å². The van der Waals surface area contributed by atoms with Crippen LogP contribution in [-0.4, -0.2) is 22.3 Å². The number of rotatable bonds is 3. The Balaban J connectivity index is 2.59. The van der Waals surface area contributed by atoms with Crippen molar-refractivity contribution in [3.63, 3.8) is 0 Å². The molecule has 0 bridgehead atoms. The van der Waals surface area contributed by atoms with Gasteiger partial charge in [-0.05, 0) is 11.5 Å². The van der Waals surface area contributed by atoms with E-state index in [0.717, 1.165) is 22.1 Å². The molecule has 0 fully saturated rings. The Kier molecular flexibility index (Phi) is 3.90. The van der Waals surface area contributed by atoms with Crippen molar-refractivity contribution in [2.45, 2.75) is 38.9 Å². The minimum atomic E-state index is -4.18. The fourth-order valence-corrected chi connectivity index (χ4v) is 2.03. The van der Waals surface area contributed by atoms with Crippen LogP contribution in [-0.2, 0) is 12.0 Å². The molecule has 7 heteroatoms. The van der Waals surface area contributed by atoms with Gasteiger partial charge in [-0.2, -0.15) is 13.2 Å². The lowest BCUT2D eigenvalue weighted by molar-refractivity contribution is -0.125. The Bertz CT molecular complexity index is 341. The molecule has 1 aromatic heterocycles. The number of aromatic nitrogens is 2. The largest absolute Gasteiger partial charge is 0.401 e. The summed E-state index contributed by atoms with van der Waals surface area (Å²) in [5, 5.41) is 6.30. The first kappa shape index (κ1) is 13.4. The first-order valence-corrected chi connectivity index (χ1v) is 5.56. The molecule has 92 valence electrons. The third-order valence-corrected chi connectivity index (χ3v) is 2.60. The molecule has 0 atom stereocenters. The van der Waals surface area contributed by atoms with Gasteiger partial charge in [0.2, 0.25) is 0 Å². The number of hydrogen-bond donors (Lipinski definition) is 1. The van der Waals surface area contributed by atoms with E-state index < -0.39 is 12.7 Å². The summed E-state index contributed by atoms with van der Waals surface area (Å²) < 4.78 is 39.6. The van der Waals surface area contributed by atoms with Crippen molar-refractivity contribution < 1.29 is 13.2 Å². The highest BCUT2D eigenvalue weighted by molar-refractivity contribution is 7.05. The zero-order chi connectivity index (χ0) is 12.4. The molecule has 0 aromatic carbocycles. The van der Waals surface area contributed by atoms with E-state index >= 15 is 0 Å². The van der Waals surface area contributed by atoms with Crippen LogP contribution in [0.4, 0.5) is 13.2 Å². The summed E-state index contributed by atoms with van der Waals surface area (Å²) in [6.45, 7) is 5.03. The van der Waals surface area contributed by atoms with Gasteiger partial charge in [-0.3, -0.25) is 0 Å². The van der Waals surface area contributed by atoms with Crippen LogP contribution >= 0.6 is 11.5 Å². The van der Waals surface area contributed by atoms with E-state index in [-0.39, 0.29) is 12.0 Å². The molecule has 0 unspecified atom stereocenters. The minimum Gasteiger partial charge on any atom is -0.304 e. The van der Waals surface area contributed by atoms with Crippen molar-refractivity contribution in [3.05, 3.63) is 10.6 Å². The molecule has 1 N–H and O–H groups in total. The van der Waals surface area contributed by atoms with Crippen LogP contribution in [0.25, 0.3) is 0 Å². The molecule has 0 saturated heterocycles. The summed E-state index contributed by atoms with van der Waals surface area (Å²) in [6.07, 6.45) is -4.18. The van der Waals surface area contributed by atoms with Crippen molar-refractivity contribution in [1.29, 1.82) is 0 Å². The Labute approximate surface area is 96.2 Å². The molecular weight excluding hydrogens is 239 g/mol. The summed E-state index contributed by atoms with van der Waals surface area (Å²) >= 11 is 1.14. The van der Waals surface area contributed by atoms with E-state index in [1.54, 1.807) is 0 Å². The van der Waals surface area contributed by atoms with Crippen molar-refractivity contribution in [2.24, 2.45) is 0 Å². The molecule has 0 aliphatic rings. The summed E-state index contributed by atoms with van der Waals surface area (Å²) in [5.41, 5.74) is 0.564. The van der Waals surface area contributed by atoms with Crippen LogP contribution in [0.3, 0.4) is 0 Å². The molecule has 16 heavy (non-hydrogen) atoms. The van der Waals surface area contributed by atoms with Crippen LogP contribution in [0.1, 0.15) is 31.3 Å². The Morgan fingerprint density at radius 2 is 1.88 bits per heavy atom. The average molecular weight is 253 g/mol. The lowest BCUT2D eigenvalue weighted by Crippen LogP contribution is -2.29. The maximum Gasteiger partial charge on any atom is 0.401 e. The molecule has 0 amide bonds. The van der Waals surface area contributed by atoms with E-state index in [9.17, 15) is 13.2 Å². The standard InChI is InChI=1S/C9H14F3N3S/c1-8(2,3)7-6(16-15-14-7)4-13-5-9(10,11)12/h13H,4-5H2,1-3H3. The second-order valence-corrected chi connectivity index (χ2v) is 5.35. The van der Waals surface area contributed by atoms with Crippen LogP contribution in [0.2, 0.25) is 0 Å². The quantitative estimate of drug-likeness (QED) is 0.899. The van der Waals surface area contributed by atoms with Crippen molar-refractivity contribution in [1.82, 2.24) is 14.9 Å². The molecule has 1 aromatic rings. The summed E-state index contributed by atoms with van der Waals surface area (Å²) in [4.78, 5) is 0.761. The second kappa shape index (κ2) is 4.67. The van der Waals surface area contributed by atoms with Gasteiger partial charge >= 0.3 is 6.18 Å². The van der Waals surface area contributed by atoms with Gasteiger partial charge in [0, 0.05) is 12.0 Å². The molecule has 0 radical (unpaired) electrons. The topological polar surface area (TPSA) is 37.8 Å². The van der Waals surface area contributed by atoms with E-state index in [1.165, 1.54) is 0 Å². The van der Waals surface area contributed by atoms with E-state index in [0.29, 0.717) is 0 Å². The number of hydrogen-bond acceptors (Lipinski definition) is 4. The third kappa shape index (κ3) is 4.05. The zero-order valence-electron chi connectivity index (χ0n) is 9.35. The van der Waals surface area contributed by atoms with Gasteiger partial charge < -0.3 is 5.32 Å². The highest BCUT2D eigenvalue weighted by atomic mass is 32.1. The maximum atomic E-state index is 11.9. The number of nitrogens with one attached hydrogen (secondary N) is 1. The fourth-order valence-electron chi connectivity index (χ4n) is 1.21. The van der Waals surface area contributed by atoms with E-state index in [4.69, 9.17) is 0 Å². The molecule has 0 aliphatic heterocycles.